The Bertz CT molecular complexity index is 667. The maximum Gasteiger partial charge on any atom is 0.150 e. The number of hydrogen-bond donors (Lipinski definition) is 0. The molecule has 0 aromatic carbocycles. The van der Waals surface area contributed by atoms with Crippen molar-refractivity contribution in [2.75, 3.05) is 24.6 Å². The lowest BCUT2D eigenvalue weighted by molar-refractivity contribution is 0.0267. The number of anilines is 1. The van der Waals surface area contributed by atoms with E-state index >= 15 is 0 Å². The fourth-order valence-electron chi connectivity index (χ4n) is 2.90. The predicted octanol–water partition coefficient (Wildman–Crippen LogP) is 1.81. The van der Waals surface area contributed by atoms with Gasteiger partial charge in [0.05, 0.1) is 36.3 Å². The SMILES string of the molecule is Cc1cnc(C)c(N2CCOC(Cn3nc(C)cc3C)C2)n1. The highest BCUT2D eigenvalue weighted by atomic mass is 16.5. The molecular weight excluding hydrogens is 278 g/mol. The molecule has 1 saturated heterocycles. The van der Waals surface area contributed by atoms with Gasteiger partial charge in [0, 0.05) is 25.0 Å². The number of morpholine rings is 1. The molecule has 1 fully saturated rings. The van der Waals surface area contributed by atoms with Crippen molar-refractivity contribution in [1.82, 2.24) is 19.7 Å². The molecule has 6 nitrogen and oxygen atoms in total. The van der Waals surface area contributed by atoms with E-state index in [4.69, 9.17) is 4.74 Å². The maximum absolute atomic E-state index is 5.92. The van der Waals surface area contributed by atoms with E-state index in [2.05, 4.69) is 33.0 Å². The lowest BCUT2D eigenvalue weighted by Gasteiger charge is -2.34. The Morgan fingerprint density at radius 1 is 1.23 bits per heavy atom. The summed E-state index contributed by atoms with van der Waals surface area (Å²) in [7, 11) is 0. The molecule has 1 aliphatic heterocycles. The van der Waals surface area contributed by atoms with Crippen LogP contribution >= 0.6 is 0 Å². The van der Waals surface area contributed by atoms with Gasteiger partial charge >= 0.3 is 0 Å². The van der Waals surface area contributed by atoms with Crippen LogP contribution in [-0.2, 0) is 11.3 Å². The van der Waals surface area contributed by atoms with Crippen LogP contribution in [0.3, 0.4) is 0 Å². The molecule has 0 bridgehead atoms. The van der Waals surface area contributed by atoms with E-state index in [9.17, 15) is 0 Å². The predicted molar refractivity (Wildman–Crippen MR) is 85.2 cm³/mol. The van der Waals surface area contributed by atoms with E-state index in [1.807, 2.05) is 31.6 Å². The molecule has 0 aliphatic carbocycles. The smallest absolute Gasteiger partial charge is 0.150 e. The van der Waals surface area contributed by atoms with Crippen LogP contribution in [0.2, 0.25) is 0 Å². The summed E-state index contributed by atoms with van der Waals surface area (Å²) in [6.07, 6.45) is 1.93. The van der Waals surface area contributed by atoms with E-state index in [0.717, 1.165) is 42.5 Å². The van der Waals surface area contributed by atoms with Gasteiger partial charge in [0.1, 0.15) is 0 Å². The Balaban J connectivity index is 1.74. The van der Waals surface area contributed by atoms with Crippen LogP contribution in [0.15, 0.2) is 12.3 Å². The first-order valence-corrected chi connectivity index (χ1v) is 7.71. The van der Waals surface area contributed by atoms with Gasteiger partial charge in [-0.25, -0.2) is 4.98 Å². The molecule has 1 atom stereocenters. The molecule has 2 aromatic heterocycles. The second-order valence-corrected chi connectivity index (χ2v) is 5.97. The van der Waals surface area contributed by atoms with Crippen LogP contribution in [-0.4, -0.2) is 45.5 Å². The third-order valence-electron chi connectivity index (χ3n) is 3.97. The Kier molecular flexibility index (Phi) is 4.11. The fourth-order valence-corrected chi connectivity index (χ4v) is 2.90. The Morgan fingerprint density at radius 3 is 2.77 bits per heavy atom. The standard InChI is InChI=1S/C16H23N5O/c1-11-7-13(3)21(19-11)10-15-9-20(5-6-22-15)16-14(4)17-8-12(2)18-16/h7-8,15H,5-6,9-10H2,1-4H3. The van der Waals surface area contributed by atoms with Crippen LogP contribution in [0.1, 0.15) is 22.8 Å². The minimum absolute atomic E-state index is 0.119. The van der Waals surface area contributed by atoms with Gasteiger partial charge in [0.25, 0.3) is 0 Å². The molecule has 0 N–H and O–H groups in total. The third kappa shape index (κ3) is 3.11. The van der Waals surface area contributed by atoms with Gasteiger partial charge < -0.3 is 9.64 Å². The van der Waals surface area contributed by atoms with Gasteiger partial charge in [0.2, 0.25) is 0 Å². The molecule has 0 saturated carbocycles. The summed E-state index contributed by atoms with van der Waals surface area (Å²) in [4.78, 5) is 11.3. The molecule has 0 spiro atoms. The molecule has 0 radical (unpaired) electrons. The Hall–Kier alpha value is -1.95. The van der Waals surface area contributed by atoms with Crippen molar-refractivity contribution < 1.29 is 4.74 Å². The van der Waals surface area contributed by atoms with E-state index in [1.165, 1.54) is 5.69 Å². The fraction of sp³-hybridized carbons (Fsp3) is 0.562. The average Bonchev–Trinajstić information content (AvgIpc) is 2.80. The molecular formula is C16H23N5O. The number of nitrogens with zero attached hydrogens (tertiary/aromatic N) is 5. The summed E-state index contributed by atoms with van der Waals surface area (Å²) in [5.74, 6) is 0.974. The van der Waals surface area contributed by atoms with Crippen molar-refractivity contribution in [2.45, 2.75) is 40.3 Å². The zero-order chi connectivity index (χ0) is 15.7. The number of hydrogen-bond acceptors (Lipinski definition) is 5. The monoisotopic (exact) mass is 301 g/mol. The maximum atomic E-state index is 5.92. The number of aryl methyl sites for hydroxylation is 4. The largest absolute Gasteiger partial charge is 0.373 e. The lowest BCUT2D eigenvalue weighted by atomic mass is 10.2. The van der Waals surface area contributed by atoms with Crippen LogP contribution in [0.5, 0.6) is 0 Å². The molecule has 0 amide bonds. The zero-order valence-corrected chi connectivity index (χ0v) is 13.7. The quantitative estimate of drug-likeness (QED) is 0.865. The number of rotatable bonds is 3. The minimum Gasteiger partial charge on any atom is -0.373 e. The summed E-state index contributed by atoms with van der Waals surface area (Å²) in [6.45, 7) is 11.2. The molecule has 3 heterocycles. The van der Waals surface area contributed by atoms with Crippen LogP contribution in [0.4, 0.5) is 5.82 Å². The molecule has 22 heavy (non-hydrogen) atoms. The highest BCUT2D eigenvalue weighted by Crippen LogP contribution is 2.19. The summed E-state index contributed by atoms with van der Waals surface area (Å²) in [5.41, 5.74) is 4.13. The Morgan fingerprint density at radius 2 is 2.05 bits per heavy atom. The molecule has 3 rings (SSSR count). The highest BCUT2D eigenvalue weighted by molar-refractivity contribution is 5.43. The molecule has 1 aliphatic rings. The van der Waals surface area contributed by atoms with Crippen molar-refractivity contribution in [3.8, 4) is 0 Å². The summed E-state index contributed by atoms with van der Waals surface area (Å²) in [5, 5.41) is 4.52. The first-order valence-electron chi connectivity index (χ1n) is 7.71. The molecule has 1 unspecified atom stereocenters. The van der Waals surface area contributed by atoms with Gasteiger partial charge in [-0.2, -0.15) is 5.10 Å². The first kappa shape index (κ1) is 15.0. The zero-order valence-electron chi connectivity index (χ0n) is 13.7. The lowest BCUT2D eigenvalue weighted by Crippen LogP contribution is -2.45. The molecule has 6 heteroatoms. The summed E-state index contributed by atoms with van der Waals surface area (Å²) >= 11 is 0. The number of ether oxygens (including phenoxy) is 1. The van der Waals surface area contributed by atoms with E-state index < -0.39 is 0 Å². The molecule has 2 aromatic rings. The number of aromatic nitrogens is 4. The summed E-state index contributed by atoms with van der Waals surface area (Å²) in [6, 6.07) is 2.09. The van der Waals surface area contributed by atoms with Crippen molar-refractivity contribution in [3.63, 3.8) is 0 Å². The van der Waals surface area contributed by atoms with Gasteiger partial charge in [-0.05, 0) is 33.8 Å². The third-order valence-corrected chi connectivity index (χ3v) is 3.97. The summed E-state index contributed by atoms with van der Waals surface area (Å²) < 4.78 is 7.94. The van der Waals surface area contributed by atoms with Crippen LogP contribution < -0.4 is 4.90 Å². The van der Waals surface area contributed by atoms with E-state index in [1.54, 1.807) is 0 Å². The van der Waals surface area contributed by atoms with Crippen LogP contribution in [0, 0.1) is 27.7 Å². The van der Waals surface area contributed by atoms with E-state index in [0.29, 0.717) is 6.61 Å². The Labute approximate surface area is 131 Å². The van der Waals surface area contributed by atoms with Gasteiger partial charge in [-0.3, -0.25) is 9.67 Å². The van der Waals surface area contributed by atoms with E-state index in [-0.39, 0.29) is 6.10 Å². The normalized spacial score (nSPS) is 18.7. The van der Waals surface area contributed by atoms with Gasteiger partial charge in [0.15, 0.2) is 5.82 Å². The van der Waals surface area contributed by atoms with Crippen LogP contribution in [0.25, 0.3) is 0 Å². The van der Waals surface area contributed by atoms with Gasteiger partial charge in [-0.1, -0.05) is 0 Å². The van der Waals surface area contributed by atoms with Gasteiger partial charge in [-0.15, -0.1) is 0 Å². The second-order valence-electron chi connectivity index (χ2n) is 5.97. The topological polar surface area (TPSA) is 56.1 Å². The average molecular weight is 301 g/mol. The minimum atomic E-state index is 0.119. The molecule has 118 valence electrons. The van der Waals surface area contributed by atoms with Crippen molar-refractivity contribution >= 4 is 5.82 Å². The van der Waals surface area contributed by atoms with Crippen molar-refractivity contribution in [2.24, 2.45) is 0 Å². The van der Waals surface area contributed by atoms with Crippen molar-refractivity contribution in [3.05, 3.63) is 35.0 Å². The van der Waals surface area contributed by atoms with Crippen molar-refractivity contribution in [1.29, 1.82) is 0 Å². The highest BCUT2D eigenvalue weighted by Gasteiger charge is 2.24. The second kappa shape index (κ2) is 6.04. The first-order chi connectivity index (χ1) is 10.5.